The average Bonchev–Trinajstić information content (AvgIpc) is 2.56. The summed E-state index contributed by atoms with van der Waals surface area (Å²) in [4.78, 5) is 21.6. The molecule has 0 heterocycles. The molecule has 120 valence electrons. The number of nitrogens with one attached hydrogen (secondary N) is 1. The Morgan fingerprint density at radius 2 is 1.71 bits per heavy atom. The molecule has 0 spiro atoms. The van der Waals surface area contributed by atoms with Crippen LogP contribution in [-0.4, -0.2) is 21.1 Å². The first kappa shape index (κ1) is 15.3. The second-order valence-corrected chi connectivity index (χ2v) is 5.09. The quantitative estimate of drug-likeness (QED) is 0.495. The van der Waals surface area contributed by atoms with E-state index in [1.807, 2.05) is 0 Å². The number of aromatic hydroxyl groups is 1. The SMILES string of the molecule is O=C(O)c1cc([N+](=O)[O-])ccc1Nc1cccc2c(O)cccc12. The largest absolute Gasteiger partial charge is 0.507 e. The predicted molar refractivity (Wildman–Crippen MR) is 89.0 cm³/mol. The van der Waals surface area contributed by atoms with Gasteiger partial charge >= 0.3 is 5.97 Å². The Labute approximate surface area is 135 Å². The molecule has 3 N–H and O–H groups in total. The number of carboxylic acid groups (broad SMARTS) is 1. The summed E-state index contributed by atoms with van der Waals surface area (Å²) in [5.41, 5.74) is 0.304. The van der Waals surface area contributed by atoms with Crippen LogP contribution in [0.5, 0.6) is 5.75 Å². The summed E-state index contributed by atoms with van der Waals surface area (Å²) >= 11 is 0. The van der Waals surface area contributed by atoms with Crippen LogP contribution >= 0.6 is 0 Å². The fourth-order valence-corrected chi connectivity index (χ4v) is 2.48. The van der Waals surface area contributed by atoms with E-state index in [1.54, 1.807) is 36.4 Å². The first-order valence-corrected chi connectivity index (χ1v) is 6.97. The van der Waals surface area contributed by atoms with Gasteiger partial charge in [-0.15, -0.1) is 0 Å². The van der Waals surface area contributed by atoms with Crippen molar-refractivity contribution in [2.75, 3.05) is 5.32 Å². The topological polar surface area (TPSA) is 113 Å². The molecule has 0 aliphatic carbocycles. The summed E-state index contributed by atoms with van der Waals surface area (Å²) in [6.45, 7) is 0. The number of fused-ring (bicyclic) bond motifs is 1. The molecule has 0 aliphatic heterocycles. The van der Waals surface area contributed by atoms with Gasteiger partial charge in [0.05, 0.1) is 16.2 Å². The molecule has 0 atom stereocenters. The normalized spacial score (nSPS) is 10.5. The lowest BCUT2D eigenvalue weighted by molar-refractivity contribution is -0.384. The molecule has 0 bridgehead atoms. The molecule has 3 aromatic carbocycles. The summed E-state index contributed by atoms with van der Waals surface area (Å²) < 4.78 is 0. The summed E-state index contributed by atoms with van der Waals surface area (Å²) in [6.07, 6.45) is 0. The van der Waals surface area contributed by atoms with Crippen molar-refractivity contribution in [2.45, 2.75) is 0 Å². The fraction of sp³-hybridized carbons (Fsp3) is 0. The number of benzene rings is 3. The van der Waals surface area contributed by atoms with E-state index >= 15 is 0 Å². The Kier molecular flexibility index (Phi) is 3.75. The number of rotatable bonds is 4. The third-order valence-corrected chi connectivity index (χ3v) is 3.61. The zero-order chi connectivity index (χ0) is 17.3. The number of carboxylic acids is 1. The molecule has 7 heteroatoms. The van der Waals surface area contributed by atoms with Gasteiger partial charge in [-0.3, -0.25) is 10.1 Å². The van der Waals surface area contributed by atoms with Gasteiger partial charge in [-0.05, 0) is 18.2 Å². The first-order valence-electron chi connectivity index (χ1n) is 6.97. The number of hydrogen-bond donors (Lipinski definition) is 3. The van der Waals surface area contributed by atoms with Gasteiger partial charge in [-0.25, -0.2) is 4.79 Å². The van der Waals surface area contributed by atoms with Crippen LogP contribution in [0.15, 0.2) is 54.6 Å². The maximum absolute atomic E-state index is 11.4. The van der Waals surface area contributed by atoms with Crippen LogP contribution in [-0.2, 0) is 0 Å². The third kappa shape index (κ3) is 2.70. The second-order valence-electron chi connectivity index (χ2n) is 5.09. The van der Waals surface area contributed by atoms with Crippen molar-refractivity contribution in [3.63, 3.8) is 0 Å². The van der Waals surface area contributed by atoms with E-state index in [1.165, 1.54) is 12.1 Å². The van der Waals surface area contributed by atoms with E-state index in [0.717, 1.165) is 6.07 Å². The lowest BCUT2D eigenvalue weighted by atomic mass is 10.1. The highest BCUT2D eigenvalue weighted by Gasteiger charge is 2.16. The van der Waals surface area contributed by atoms with E-state index in [-0.39, 0.29) is 22.7 Å². The summed E-state index contributed by atoms with van der Waals surface area (Å²) in [5, 5.41) is 34.3. The molecular weight excluding hydrogens is 312 g/mol. The summed E-state index contributed by atoms with van der Waals surface area (Å²) in [7, 11) is 0. The first-order chi connectivity index (χ1) is 11.5. The van der Waals surface area contributed by atoms with Gasteiger partial charge in [0.25, 0.3) is 5.69 Å². The zero-order valence-electron chi connectivity index (χ0n) is 12.3. The number of phenols is 1. The Morgan fingerprint density at radius 1 is 1.00 bits per heavy atom. The van der Waals surface area contributed by atoms with Crippen molar-refractivity contribution in [1.82, 2.24) is 0 Å². The van der Waals surface area contributed by atoms with Crippen molar-refractivity contribution < 1.29 is 19.9 Å². The molecule has 3 aromatic rings. The van der Waals surface area contributed by atoms with Crippen LogP contribution in [0.2, 0.25) is 0 Å². The number of phenolic OH excluding ortho intramolecular Hbond substituents is 1. The average molecular weight is 324 g/mol. The number of carbonyl (C=O) groups is 1. The van der Waals surface area contributed by atoms with E-state index in [2.05, 4.69) is 5.32 Å². The minimum absolute atomic E-state index is 0.110. The van der Waals surface area contributed by atoms with E-state index in [9.17, 15) is 25.1 Å². The van der Waals surface area contributed by atoms with Crippen molar-refractivity contribution in [1.29, 1.82) is 0 Å². The van der Waals surface area contributed by atoms with Crippen molar-refractivity contribution >= 4 is 33.8 Å². The van der Waals surface area contributed by atoms with E-state index in [0.29, 0.717) is 16.5 Å². The highest BCUT2D eigenvalue weighted by molar-refractivity contribution is 6.01. The van der Waals surface area contributed by atoms with Crippen LogP contribution < -0.4 is 5.32 Å². The second kappa shape index (κ2) is 5.88. The summed E-state index contributed by atoms with van der Waals surface area (Å²) in [6, 6.07) is 13.8. The number of nitro groups is 1. The van der Waals surface area contributed by atoms with E-state index in [4.69, 9.17) is 0 Å². The van der Waals surface area contributed by atoms with Gasteiger partial charge in [0, 0.05) is 28.6 Å². The van der Waals surface area contributed by atoms with Crippen LogP contribution in [0.4, 0.5) is 17.1 Å². The minimum Gasteiger partial charge on any atom is -0.507 e. The minimum atomic E-state index is -1.27. The molecule has 0 aliphatic rings. The molecule has 0 unspecified atom stereocenters. The molecule has 3 rings (SSSR count). The molecule has 0 radical (unpaired) electrons. The van der Waals surface area contributed by atoms with Gasteiger partial charge in [0.2, 0.25) is 0 Å². The van der Waals surface area contributed by atoms with Crippen molar-refractivity contribution in [3.8, 4) is 5.75 Å². The maximum atomic E-state index is 11.4. The van der Waals surface area contributed by atoms with Gasteiger partial charge in [-0.2, -0.15) is 0 Å². The highest BCUT2D eigenvalue weighted by atomic mass is 16.6. The smallest absolute Gasteiger partial charge is 0.338 e. The Morgan fingerprint density at radius 3 is 2.42 bits per heavy atom. The number of anilines is 2. The van der Waals surface area contributed by atoms with Crippen LogP contribution in [0.3, 0.4) is 0 Å². The molecular formula is C17H12N2O5. The van der Waals surface area contributed by atoms with Crippen LogP contribution in [0.1, 0.15) is 10.4 Å². The van der Waals surface area contributed by atoms with Gasteiger partial charge in [0.15, 0.2) is 0 Å². The van der Waals surface area contributed by atoms with E-state index < -0.39 is 10.9 Å². The number of hydrogen-bond acceptors (Lipinski definition) is 5. The molecule has 0 saturated heterocycles. The number of nitro benzene ring substituents is 1. The summed E-state index contributed by atoms with van der Waals surface area (Å²) in [5.74, 6) is -1.16. The zero-order valence-corrected chi connectivity index (χ0v) is 12.3. The van der Waals surface area contributed by atoms with Crippen molar-refractivity contribution in [3.05, 3.63) is 70.3 Å². The van der Waals surface area contributed by atoms with Gasteiger partial charge in [0.1, 0.15) is 5.75 Å². The lowest BCUT2D eigenvalue weighted by Gasteiger charge is -2.12. The Balaban J connectivity index is 2.11. The number of aromatic carboxylic acids is 1. The van der Waals surface area contributed by atoms with Crippen LogP contribution in [0.25, 0.3) is 10.8 Å². The van der Waals surface area contributed by atoms with Gasteiger partial charge < -0.3 is 15.5 Å². The molecule has 24 heavy (non-hydrogen) atoms. The molecule has 0 amide bonds. The fourth-order valence-electron chi connectivity index (χ4n) is 2.48. The molecule has 0 fully saturated rings. The maximum Gasteiger partial charge on any atom is 0.338 e. The third-order valence-electron chi connectivity index (χ3n) is 3.61. The molecule has 0 aromatic heterocycles. The van der Waals surface area contributed by atoms with Gasteiger partial charge in [-0.1, -0.05) is 24.3 Å². The van der Waals surface area contributed by atoms with Crippen LogP contribution in [0, 0.1) is 10.1 Å². The lowest BCUT2D eigenvalue weighted by Crippen LogP contribution is -2.04. The molecule has 0 saturated carbocycles. The number of non-ortho nitro benzene ring substituents is 1. The predicted octanol–water partition coefficient (Wildman–Crippen LogP) is 3.90. The molecule has 7 nitrogen and oxygen atoms in total. The Bertz CT molecular complexity index is 968. The Hall–Kier alpha value is -3.61. The van der Waals surface area contributed by atoms with Crippen molar-refractivity contribution in [2.24, 2.45) is 0 Å². The highest BCUT2D eigenvalue weighted by Crippen LogP contribution is 2.33. The number of nitrogens with zero attached hydrogens (tertiary/aromatic N) is 1. The monoisotopic (exact) mass is 324 g/mol. The standard InChI is InChI=1S/C17H12N2O5/c20-16-6-2-3-11-12(16)4-1-5-14(11)18-15-8-7-10(19(23)24)9-13(15)17(21)22/h1-9,18,20H,(H,21,22).